The van der Waals surface area contributed by atoms with Crippen LogP contribution in [0, 0.1) is 32.4 Å². The molecule has 0 radical (unpaired) electrons. The lowest BCUT2D eigenvalue weighted by Crippen LogP contribution is -2.10. The van der Waals surface area contributed by atoms with Crippen LogP contribution in [0.3, 0.4) is 0 Å². The highest BCUT2D eigenvalue weighted by Crippen LogP contribution is 2.41. The molecule has 1 amide bonds. The van der Waals surface area contributed by atoms with Crippen molar-refractivity contribution >= 4 is 28.1 Å². The topological polar surface area (TPSA) is 51.5 Å². The van der Waals surface area contributed by atoms with Crippen LogP contribution in [0.4, 0.5) is 14.5 Å². The van der Waals surface area contributed by atoms with Gasteiger partial charge >= 0.3 is 0 Å². The van der Waals surface area contributed by atoms with Gasteiger partial charge in [-0.2, -0.15) is 0 Å². The maximum Gasteiger partial charge on any atom is 0.248 e. The second kappa shape index (κ2) is 9.14. The summed E-state index contributed by atoms with van der Waals surface area (Å²) in [5, 5.41) is 3.36. The Kier molecular flexibility index (Phi) is 6.24. The molecular weight excluding hydrogens is 436 g/mol. The average Bonchev–Trinajstić information content (AvgIpc) is 3.19. The molecule has 4 nitrogen and oxygen atoms in total. The molecule has 0 aliphatic heterocycles. The van der Waals surface area contributed by atoms with Crippen LogP contribution >= 0.6 is 0 Å². The zero-order valence-corrected chi connectivity index (χ0v) is 19.7. The summed E-state index contributed by atoms with van der Waals surface area (Å²) in [5.41, 5.74) is 7.08. The Morgan fingerprint density at radius 3 is 2.47 bits per heavy atom. The number of anilines is 1. The average molecular weight is 462 g/mol. The lowest BCUT2D eigenvalue weighted by Gasteiger charge is -2.14. The highest BCUT2D eigenvalue weighted by atomic mass is 19.1. The Balaban J connectivity index is 1.78. The van der Waals surface area contributed by atoms with E-state index in [9.17, 15) is 13.6 Å². The molecule has 0 saturated heterocycles. The number of ether oxygens (including phenoxy) is 1. The Morgan fingerprint density at radius 1 is 1.03 bits per heavy atom. The van der Waals surface area contributed by atoms with E-state index in [1.807, 2.05) is 19.9 Å². The van der Waals surface area contributed by atoms with Crippen LogP contribution in [0.5, 0.6) is 5.75 Å². The second-order valence-corrected chi connectivity index (χ2v) is 8.37. The molecule has 0 spiro atoms. The van der Waals surface area contributed by atoms with E-state index in [1.165, 1.54) is 17.7 Å². The minimum absolute atomic E-state index is 0.0963. The zero-order chi connectivity index (χ0) is 24.6. The number of aryl methyl sites for hydroxylation is 3. The van der Waals surface area contributed by atoms with E-state index in [0.717, 1.165) is 45.3 Å². The van der Waals surface area contributed by atoms with Gasteiger partial charge in [-0.05, 0) is 62.6 Å². The van der Waals surface area contributed by atoms with Crippen molar-refractivity contribution < 1.29 is 22.7 Å². The molecule has 1 N–H and O–H groups in total. The SMILES string of the molecule is COc1c(/C(C)=C/C(=O)Nc2ccc(F)cc2F)cc2c(-c3ccc(C)cc3C)coc2c1C. The number of amides is 1. The molecule has 0 atom stereocenters. The molecule has 0 unspecified atom stereocenters. The fourth-order valence-corrected chi connectivity index (χ4v) is 4.23. The van der Waals surface area contributed by atoms with Gasteiger partial charge < -0.3 is 14.5 Å². The maximum absolute atomic E-state index is 13.9. The summed E-state index contributed by atoms with van der Waals surface area (Å²) in [6, 6.07) is 11.2. The number of carbonyl (C=O) groups is 1. The number of halogens is 2. The van der Waals surface area contributed by atoms with Gasteiger partial charge in [-0.15, -0.1) is 0 Å². The van der Waals surface area contributed by atoms with E-state index < -0.39 is 17.5 Å². The first-order valence-electron chi connectivity index (χ1n) is 10.8. The van der Waals surface area contributed by atoms with Gasteiger partial charge in [0.25, 0.3) is 0 Å². The van der Waals surface area contributed by atoms with Crippen molar-refractivity contribution in [1.29, 1.82) is 0 Å². The molecule has 0 bridgehead atoms. The van der Waals surface area contributed by atoms with Crippen molar-refractivity contribution in [3.63, 3.8) is 0 Å². The van der Waals surface area contributed by atoms with Gasteiger partial charge in [0.1, 0.15) is 23.0 Å². The number of methoxy groups -OCH3 is 1. The van der Waals surface area contributed by atoms with Crippen molar-refractivity contribution in [2.75, 3.05) is 12.4 Å². The molecule has 0 fully saturated rings. The fourth-order valence-electron chi connectivity index (χ4n) is 4.23. The van der Waals surface area contributed by atoms with Crippen LogP contribution < -0.4 is 10.1 Å². The molecule has 174 valence electrons. The number of rotatable bonds is 5. The normalized spacial score (nSPS) is 11.7. The number of hydrogen-bond donors (Lipinski definition) is 1. The Labute approximate surface area is 196 Å². The lowest BCUT2D eigenvalue weighted by atomic mass is 9.94. The van der Waals surface area contributed by atoms with Crippen LogP contribution in [0.2, 0.25) is 0 Å². The predicted octanol–water partition coefficient (Wildman–Crippen LogP) is 7.35. The van der Waals surface area contributed by atoms with E-state index in [1.54, 1.807) is 20.3 Å². The summed E-state index contributed by atoms with van der Waals surface area (Å²) >= 11 is 0. The predicted molar refractivity (Wildman–Crippen MR) is 131 cm³/mol. The number of hydrogen-bond acceptors (Lipinski definition) is 3. The van der Waals surface area contributed by atoms with Gasteiger partial charge in [-0.1, -0.05) is 23.8 Å². The minimum atomic E-state index is -0.842. The third kappa shape index (κ3) is 4.31. The van der Waals surface area contributed by atoms with Crippen LogP contribution in [0.15, 0.2) is 59.2 Å². The third-order valence-corrected chi connectivity index (χ3v) is 5.88. The van der Waals surface area contributed by atoms with Crippen molar-refractivity contribution in [2.45, 2.75) is 27.7 Å². The molecule has 1 aromatic heterocycles. The quantitative estimate of drug-likeness (QED) is 0.316. The maximum atomic E-state index is 13.9. The number of furan rings is 1. The van der Waals surface area contributed by atoms with Crippen molar-refractivity contribution in [1.82, 2.24) is 0 Å². The van der Waals surface area contributed by atoms with Crippen LogP contribution in [0.25, 0.3) is 27.7 Å². The first kappa shape index (κ1) is 23.2. The van der Waals surface area contributed by atoms with Gasteiger partial charge in [-0.3, -0.25) is 4.79 Å². The monoisotopic (exact) mass is 461 g/mol. The Bertz CT molecular complexity index is 1450. The molecule has 0 saturated carbocycles. The molecule has 0 aliphatic carbocycles. The summed E-state index contributed by atoms with van der Waals surface area (Å²) in [6.07, 6.45) is 3.10. The number of allylic oxidation sites excluding steroid dienone is 1. The fraction of sp³-hybridized carbons (Fsp3) is 0.179. The number of carbonyl (C=O) groups excluding carboxylic acids is 1. The first-order valence-corrected chi connectivity index (χ1v) is 10.8. The molecule has 3 aromatic carbocycles. The summed E-state index contributed by atoms with van der Waals surface area (Å²) in [5.74, 6) is -1.51. The molecule has 4 aromatic rings. The molecule has 0 aliphatic rings. The molecule has 6 heteroatoms. The van der Waals surface area contributed by atoms with E-state index in [-0.39, 0.29) is 5.69 Å². The van der Waals surface area contributed by atoms with E-state index in [2.05, 4.69) is 30.4 Å². The lowest BCUT2D eigenvalue weighted by molar-refractivity contribution is -0.111. The summed E-state index contributed by atoms with van der Waals surface area (Å²) < 4.78 is 38.7. The molecule has 34 heavy (non-hydrogen) atoms. The Hall–Kier alpha value is -3.93. The molecule has 1 heterocycles. The second-order valence-electron chi connectivity index (χ2n) is 8.37. The van der Waals surface area contributed by atoms with E-state index in [0.29, 0.717) is 16.9 Å². The first-order chi connectivity index (χ1) is 16.2. The standard InChI is InChI=1S/C28H25F2NO3/c1-15-6-8-20(16(2)10-15)23-14-34-28-18(4)27(33-5)21(13-22(23)28)17(3)11-26(32)31-25-9-7-19(29)12-24(25)30/h6-14H,1-5H3,(H,31,32)/b17-11+. The van der Waals surface area contributed by atoms with Gasteiger partial charge in [0, 0.05) is 34.2 Å². The summed E-state index contributed by atoms with van der Waals surface area (Å²) in [7, 11) is 1.56. The molecule has 4 rings (SSSR count). The highest BCUT2D eigenvalue weighted by molar-refractivity contribution is 6.06. The van der Waals surface area contributed by atoms with Gasteiger partial charge in [0.2, 0.25) is 5.91 Å². The summed E-state index contributed by atoms with van der Waals surface area (Å²) in [4.78, 5) is 12.6. The minimum Gasteiger partial charge on any atom is -0.496 e. The van der Waals surface area contributed by atoms with Crippen LogP contribution in [-0.4, -0.2) is 13.0 Å². The zero-order valence-electron chi connectivity index (χ0n) is 19.7. The van der Waals surface area contributed by atoms with Crippen LogP contribution in [0.1, 0.15) is 29.2 Å². The van der Waals surface area contributed by atoms with Crippen LogP contribution in [-0.2, 0) is 4.79 Å². The van der Waals surface area contributed by atoms with Gasteiger partial charge in [0.05, 0.1) is 19.1 Å². The number of benzene rings is 3. The van der Waals surface area contributed by atoms with E-state index in [4.69, 9.17) is 9.15 Å². The number of nitrogens with one attached hydrogen (secondary N) is 1. The largest absolute Gasteiger partial charge is 0.496 e. The van der Waals surface area contributed by atoms with Crippen molar-refractivity contribution in [2.24, 2.45) is 0 Å². The Morgan fingerprint density at radius 2 is 1.79 bits per heavy atom. The van der Waals surface area contributed by atoms with Gasteiger partial charge in [0.15, 0.2) is 0 Å². The number of fused-ring (bicyclic) bond motifs is 1. The third-order valence-electron chi connectivity index (χ3n) is 5.88. The van der Waals surface area contributed by atoms with E-state index >= 15 is 0 Å². The van der Waals surface area contributed by atoms with Crippen molar-refractivity contribution in [3.8, 4) is 16.9 Å². The van der Waals surface area contributed by atoms with Gasteiger partial charge in [-0.25, -0.2) is 8.78 Å². The molecular formula is C28H25F2NO3. The smallest absolute Gasteiger partial charge is 0.248 e. The highest BCUT2D eigenvalue weighted by Gasteiger charge is 2.19. The van der Waals surface area contributed by atoms with Crippen molar-refractivity contribution in [3.05, 3.63) is 88.7 Å². The summed E-state index contributed by atoms with van der Waals surface area (Å²) in [6.45, 7) is 7.79.